The minimum absolute atomic E-state index is 0.0133. The van der Waals surface area contributed by atoms with Crippen LogP contribution in [0, 0.1) is 0 Å². The zero-order valence-electron chi connectivity index (χ0n) is 14.8. The predicted octanol–water partition coefficient (Wildman–Crippen LogP) is 0.924. The monoisotopic (exact) mass is 458 g/mol. The van der Waals surface area contributed by atoms with Crippen LogP contribution in [0.1, 0.15) is 17.4 Å². The van der Waals surface area contributed by atoms with Gasteiger partial charge in [0.25, 0.3) is 11.8 Å². The Balaban J connectivity index is 1.96. The van der Waals surface area contributed by atoms with E-state index in [2.05, 4.69) is 31.5 Å². The predicted molar refractivity (Wildman–Crippen MR) is 101 cm³/mol. The second-order valence-corrected chi connectivity index (χ2v) is 8.25. The highest BCUT2D eigenvalue weighted by molar-refractivity contribution is 9.10. The minimum atomic E-state index is -3.91. The van der Waals surface area contributed by atoms with Crippen LogP contribution in [0.25, 0.3) is 0 Å². The smallest absolute Gasteiger partial charge is 0.286 e. The van der Waals surface area contributed by atoms with Crippen LogP contribution < -0.4 is 20.3 Å². The van der Waals surface area contributed by atoms with Gasteiger partial charge in [-0.15, -0.1) is 0 Å². The Morgan fingerprint density at radius 1 is 1.19 bits per heavy atom. The fraction of sp³-hybridized carbons (Fsp3) is 0.250. The number of nitrogens with one attached hydrogen (secondary N) is 3. The average molecular weight is 459 g/mol. The van der Waals surface area contributed by atoms with Gasteiger partial charge in [-0.2, -0.15) is 4.72 Å². The number of methoxy groups -OCH3 is 1. The average Bonchev–Trinajstić information content (AvgIpc) is 2.97. The van der Waals surface area contributed by atoms with Crippen LogP contribution >= 0.6 is 15.9 Å². The molecule has 0 aliphatic rings. The summed E-state index contributed by atoms with van der Waals surface area (Å²) >= 11 is 3.25. The van der Waals surface area contributed by atoms with E-state index < -0.39 is 27.9 Å². The highest BCUT2D eigenvalue weighted by Gasteiger charge is 2.23. The zero-order chi connectivity index (χ0) is 20.2. The van der Waals surface area contributed by atoms with Crippen LogP contribution in [0.4, 0.5) is 0 Å². The third-order valence-electron chi connectivity index (χ3n) is 3.60. The molecule has 27 heavy (non-hydrogen) atoms. The number of carbonyl (C=O) groups is 2. The van der Waals surface area contributed by atoms with Crippen molar-refractivity contribution in [2.24, 2.45) is 7.05 Å². The van der Waals surface area contributed by atoms with Gasteiger partial charge in [0.05, 0.1) is 18.0 Å². The molecule has 9 nitrogen and oxygen atoms in total. The van der Waals surface area contributed by atoms with Crippen molar-refractivity contribution in [3.05, 3.63) is 46.7 Å². The van der Waals surface area contributed by atoms with Gasteiger partial charge in [0.2, 0.25) is 10.0 Å². The largest absolute Gasteiger partial charge is 0.497 e. The number of aromatic nitrogens is 1. The number of carbonyl (C=O) groups excluding carboxylic acids is 2. The first-order chi connectivity index (χ1) is 12.6. The first-order valence-corrected chi connectivity index (χ1v) is 10.00. The van der Waals surface area contributed by atoms with Crippen molar-refractivity contribution < 1.29 is 22.7 Å². The van der Waals surface area contributed by atoms with Gasteiger partial charge in [-0.05, 0) is 53.2 Å². The van der Waals surface area contributed by atoms with Crippen molar-refractivity contribution >= 4 is 37.8 Å². The van der Waals surface area contributed by atoms with E-state index in [9.17, 15) is 18.0 Å². The maximum absolute atomic E-state index is 12.3. The van der Waals surface area contributed by atoms with Gasteiger partial charge in [0, 0.05) is 17.7 Å². The van der Waals surface area contributed by atoms with E-state index in [0.29, 0.717) is 15.9 Å². The van der Waals surface area contributed by atoms with Crippen molar-refractivity contribution in [1.29, 1.82) is 0 Å². The Hall–Kier alpha value is -2.37. The third-order valence-corrected chi connectivity index (χ3v) is 5.59. The molecule has 2 aromatic rings. The lowest BCUT2D eigenvalue weighted by atomic mass is 10.3. The minimum Gasteiger partial charge on any atom is -0.497 e. The zero-order valence-corrected chi connectivity index (χ0v) is 17.2. The van der Waals surface area contributed by atoms with E-state index >= 15 is 0 Å². The summed E-state index contributed by atoms with van der Waals surface area (Å²) in [5.41, 5.74) is 4.75. The maximum atomic E-state index is 12.3. The SMILES string of the molecule is COc1ccc(S(=O)(=O)N[C@@H](C)C(=O)NNC(=O)c2cc(Br)cn2C)cc1. The molecule has 11 heteroatoms. The van der Waals surface area contributed by atoms with Crippen LogP contribution in [0.3, 0.4) is 0 Å². The number of benzene rings is 1. The van der Waals surface area contributed by atoms with E-state index in [0.717, 1.165) is 0 Å². The van der Waals surface area contributed by atoms with E-state index in [-0.39, 0.29) is 4.90 Å². The molecule has 0 aliphatic heterocycles. The van der Waals surface area contributed by atoms with Crippen molar-refractivity contribution in [1.82, 2.24) is 20.1 Å². The lowest BCUT2D eigenvalue weighted by Gasteiger charge is -2.15. The molecule has 0 spiro atoms. The standard InChI is InChI=1S/C16H19BrN4O5S/c1-10(20-27(24,25)13-6-4-12(26-3)5-7-13)15(22)18-19-16(23)14-8-11(17)9-21(14)2/h4-10,20H,1-3H3,(H,18,22)(H,19,23)/t10-/m0/s1. The Morgan fingerprint density at radius 3 is 2.33 bits per heavy atom. The molecule has 2 rings (SSSR count). The fourth-order valence-electron chi connectivity index (χ4n) is 2.15. The number of rotatable bonds is 6. The fourth-order valence-corrected chi connectivity index (χ4v) is 3.88. The number of hydrogen-bond donors (Lipinski definition) is 3. The van der Waals surface area contributed by atoms with Crippen LogP contribution in [-0.4, -0.2) is 38.0 Å². The molecular formula is C16H19BrN4O5S. The summed E-state index contributed by atoms with van der Waals surface area (Å²) < 4.78 is 34.2. The normalized spacial score (nSPS) is 12.3. The summed E-state index contributed by atoms with van der Waals surface area (Å²) in [6, 6.07) is 6.19. The number of hydrogen-bond acceptors (Lipinski definition) is 5. The molecule has 1 heterocycles. The molecule has 0 saturated heterocycles. The van der Waals surface area contributed by atoms with E-state index in [4.69, 9.17) is 4.74 Å². The van der Waals surface area contributed by atoms with Crippen molar-refractivity contribution in [3.8, 4) is 5.75 Å². The van der Waals surface area contributed by atoms with Crippen LogP contribution in [-0.2, 0) is 21.9 Å². The number of amides is 2. The molecule has 1 aromatic heterocycles. The molecule has 0 fully saturated rings. The van der Waals surface area contributed by atoms with Gasteiger partial charge < -0.3 is 9.30 Å². The summed E-state index contributed by atoms with van der Waals surface area (Å²) in [6.45, 7) is 1.36. The highest BCUT2D eigenvalue weighted by atomic mass is 79.9. The van der Waals surface area contributed by atoms with Gasteiger partial charge in [-0.3, -0.25) is 20.4 Å². The van der Waals surface area contributed by atoms with Crippen molar-refractivity contribution in [3.63, 3.8) is 0 Å². The first-order valence-electron chi connectivity index (χ1n) is 7.72. The topological polar surface area (TPSA) is 119 Å². The van der Waals surface area contributed by atoms with Crippen molar-refractivity contribution in [2.45, 2.75) is 17.9 Å². The van der Waals surface area contributed by atoms with Gasteiger partial charge in [0.1, 0.15) is 11.4 Å². The molecule has 1 atom stereocenters. The Morgan fingerprint density at radius 2 is 1.81 bits per heavy atom. The van der Waals surface area contributed by atoms with Gasteiger partial charge in [-0.25, -0.2) is 8.42 Å². The first kappa shape index (κ1) is 20.9. The number of aryl methyl sites for hydroxylation is 1. The molecule has 0 unspecified atom stereocenters. The lowest BCUT2D eigenvalue weighted by molar-refractivity contribution is -0.123. The number of halogens is 1. The molecule has 0 saturated carbocycles. The number of ether oxygens (including phenoxy) is 1. The van der Waals surface area contributed by atoms with Crippen LogP contribution in [0.5, 0.6) is 5.75 Å². The van der Waals surface area contributed by atoms with Gasteiger partial charge in [0.15, 0.2) is 0 Å². The molecule has 3 N–H and O–H groups in total. The number of hydrazine groups is 1. The second kappa shape index (κ2) is 8.55. The maximum Gasteiger partial charge on any atom is 0.286 e. The summed E-state index contributed by atoms with van der Waals surface area (Å²) in [6.07, 6.45) is 1.68. The summed E-state index contributed by atoms with van der Waals surface area (Å²) in [4.78, 5) is 24.1. The van der Waals surface area contributed by atoms with Gasteiger partial charge in [-0.1, -0.05) is 0 Å². The summed E-state index contributed by atoms with van der Waals surface area (Å²) in [5.74, 6) is -0.745. The number of nitrogens with zero attached hydrogens (tertiary/aromatic N) is 1. The van der Waals surface area contributed by atoms with Crippen LogP contribution in [0.2, 0.25) is 0 Å². The van der Waals surface area contributed by atoms with E-state index in [1.807, 2.05) is 0 Å². The Kier molecular flexibility index (Phi) is 6.63. The lowest BCUT2D eigenvalue weighted by Crippen LogP contribution is -2.51. The Bertz CT molecular complexity index is 940. The molecule has 0 radical (unpaired) electrons. The van der Waals surface area contributed by atoms with E-state index in [1.54, 1.807) is 23.9 Å². The summed E-state index contributed by atoms with van der Waals surface area (Å²) in [7, 11) is -0.770. The molecule has 1 aromatic carbocycles. The second-order valence-electron chi connectivity index (χ2n) is 5.62. The molecule has 0 bridgehead atoms. The quantitative estimate of drug-likeness (QED) is 0.556. The van der Waals surface area contributed by atoms with Crippen LogP contribution in [0.15, 0.2) is 45.9 Å². The molecule has 2 amide bonds. The number of sulfonamides is 1. The van der Waals surface area contributed by atoms with Crippen molar-refractivity contribution in [2.75, 3.05) is 7.11 Å². The molecular weight excluding hydrogens is 440 g/mol. The summed E-state index contributed by atoms with van der Waals surface area (Å²) in [5, 5.41) is 0. The Labute approximate surface area is 165 Å². The van der Waals surface area contributed by atoms with E-state index in [1.165, 1.54) is 38.3 Å². The van der Waals surface area contributed by atoms with Gasteiger partial charge >= 0.3 is 0 Å². The molecule has 146 valence electrons. The highest BCUT2D eigenvalue weighted by Crippen LogP contribution is 2.16. The third kappa shape index (κ3) is 5.31. The molecule has 0 aliphatic carbocycles.